The average Bonchev–Trinajstić information content (AvgIpc) is 2.95. The number of benzene rings is 2. The minimum absolute atomic E-state index is 0.289. The molecule has 2 aromatic heterocycles. The molecular weight excluding hydrogens is 345 g/mol. The number of nitrogens with zero attached hydrogens (tertiary/aromatic N) is 1. The van der Waals surface area contributed by atoms with E-state index in [1.807, 2.05) is 0 Å². The van der Waals surface area contributed by atoms with Crippen LogP contribution in [0.2, 0.25) is 0 Å². The fourth-order valence-electron chi connectivity index (χ4n) is 2.75. The third-order valence-electron chi connectivity index (χ3n) is 3.96. The third-order valence-corrected chi connectivity index (χ3v) is 6.36. The van der Waals surface area contributed by atoms with Gasteiger partial charge >= 0.3 is 143 Å². The Labute approximate surface area is 142 Å². The summed E-state index contributed by atoms with van der Waals surface area (Å²) >= 11 is 0.289. The van der Waals surface area contributed by atoms with Gasteiger partial charge in [-0.15, -0.1) is 0 Å². The van der Waals surface area contributed by atoms with Crippen molar-refractivity contribution in [1.29, 1.82) is 0 Å². The first-order valence-corrected chi connectivity index (χ1v) is 9.42. The summed E-state index contributed by atoms with van der Waals surface area (Å²) in [5, 5.41) is 0. The first-order valence-electron chi connectivity index (χ1n) is 7.71. The number of hydrogen-bond acceptors (Lipinski definition) is 0. The number of pyridine rings is 1. The van der Waals surface area contributed by atoms with Gasteiger partial charge in [0.2, 0.25) is 0 Å². The molecule has 2 aromatic carbocycles. The van der Waals surface area contributed by atoms with Crippen molar-refractivity contribution in [3.05, 3.63) is 90.8 Å². The molecule has 0 saturated carbocycles. The molecule has 0 radical (unpaired) electrons. The Hall–Kier alpha value is -2.28. The number of aryl methyl sites for hydroxylation is 1. The zero-order valence-corrected chi connectivity index (χ0v) is 14.7. The summed E-state index contributed by atoms with van der Waals surface area (Å²) < 4.78 is 5.10. The molecule has 0 atom stereocenters. The molecule has 0 saturated heterocycles. The normalized spacial score (nSPS) is 11.0. The molecule has 0 aliphatic rings. The third kappa shape index (κ3) is 2.84. The van der Waals surface area contributed by atoms with Crippen LogP contribution in [-0.2, 0) is 0 Å². The fourth-order valence-corrected chi connectivity index (χ4v) is 5.03. The van der Waals surface area contributed by atoms with Gasteiger partial charge in [-0.3, -0.25) is 0 Å². The molecule has 0 aliphatic heterocycles. The van der Waals surface area contributed by atoms with E-state index in [2.05, 4.69) is 96.5 Å². The Balaban J connectivity index is 1.89. The Morgan fingerprint density at radius 2 is 1.52 bits per heavy atom. The van der Waals surface area contributed by atoms with Crippen molar-refractivity contribution < 1.29 is 0 Å². The zero-order valence-electron chi connectivity index (χ0n) is 12.9. The van der Waals surface area contributed by atoms with Crippen LogP contribution in [0.1, 0.15) is 5.56 Å². The molecule has 4 aromatic rings. The standard InChI is InChI=1S/C21H17NSe/c1-16-10-12-17(13-11-16)19-15-22-14-6-5-9-20(22)21(19)23-18-7-3-2-4-8-18/h2-15H,1H3. The monoisotopic (exact) mass is 363 g/mol. The van der Waals surface area contributed by atoms with Gasteiger partial charge in [-0.25, -0.2) is 0 Å². The molecule has 0 fully saturated rings. The molecule has 0 amide bonds. The molecule has 2 heterocycles. The van der Waals surface area contributed by atoms with Crippen molar-refractivity contribution in [2.75, 3.05) is 0 Å². The summed E-state index contributed by atoms with van der Waals surface area (Å²) in [7, 11) is 0. The second-order valence-electron chi connectivity index (χ2n) is 5.65. The van der Waals surface area contributed by atoms with Gasteiger partial charge in [0, 0.05) is 0 Å². The van der Waals surface area contributed by atoms with Gasteiger partial charge in [-0.2, -0.15) is 0 Å². The first kappa shape index (κ1) is 14.3. The summed E-state index contributed by atoms with van der Waals surface area (Å²) in [4.78, 5) is 0. The second kappa shape index (κ2) is 6.08. The number of aromatic nitrogens is 1. The SMILES string of the molecule is Cc1ccc(-c2cn3ccccc3c2[Se]c2ccccc2)cc1. The Bertz CT molecular complexity index is 937. The van der Waals surface area contributed by atoms with Gasteiger partial charge in [0.1, 0.15) is 0 Å². The van der Waals surface area contributed by atoms with Crippen molar-refractivity contribution >= 4 is 29.4 Å². The van der Waals surface area contributed by atoms with Crippen LogP contribution in [0, 0.1) is 6.92 Å². The molecule has 1 nitrogen and oxygen atoms in total. The molecule has 0 N–H and O–H groups in total. The Morgan fingerprint density at radius 3 is 2.30 bits per heavy atom. The van der Waals surface area contributed by atoms with Gasteiger partial charge in [-0.1, -0.05) is 0 Å². The van der Waals surface area contributed by atoms with Crippen molar-refractivity contribution in [3.63, 3.8) is 0 Å². The molecule has 0 bridgehead atoms. The topological polar surface area (TPSA) is 4.41 Å². The molecule has 23 heavy (non-hydrogen) atoms. The van der Waals surface area contributed by atoms with E-state index in [0.717, 1.165) is 0 Å². The predicted molar refractivity (Wildman–Crippen MR) is 99.0 cm³/mol. The van der Waals surface area contributed by atoms with Crippen LogP contribution in [-0.4, -0.2) is 19.4 Å². The van der Waals surface area contributed by atoms with Gasteiger partial charge < -0.3 is 0 Å². The van der Waals surface area contributed by atoms with Crippen molar-refractivity contribution in [3.8, 4) is 11.1 Å². The summed E-state index contributed by atoms with van der Waals surface area (Å²) in [6.45, 7) is 2.13. The molecule has 2 heteroatoms. The van der Waals surface area contributed by atoms with Crippen molar-refractivity contribution in [1.82, 2.24) is 4.40 Å². The Kier molecular flexibility index (Phi) is 3.78. The van der Waals surface area contributed by atoms with Gasteiger partial charge in [0.25, 0.3) is 0 Å². The summed E-state index contributed by atoms with van der Waals surface area (Å²) in [5.41, 5.74) is 5.26. The number of fused-ring (bicyclic) bond motifs is 1. The van der Waals surface area contributed by atoms with Crippen molar-refractivity contribution in [2.45, 2.75) is 6.92 Å². The molecule has 0 unspecified atom stereocenters. The van der Waals surface area contributed by atoms with E-state index in [1.165, 1.54) is 31.1 Å². The maximum absolute atomic E-state index is 2.26. The van der Waals surface area contributed by atoms with Crippen LogP contribution in [0.15, 0.2) is 85.2 Å². The fraction of sp³-hybridized carbons (Fsp3) is 0.0476. The second-order valence-corrected chi connectivity index (χ2v) is 7.92. The summed E-state index contributed by atoms with van der Waals surface area (Å²) in [6, 6.07) is 26.1. The van der Waals surface area contributed by atoms with Crippen LogP contribution in [0.5, 0.6) is 0 Å². The van der Waals surface area contributed by atoms with E-state index in [1.54, 1.807) is 0 Å². The quantitative estimate of drug-likeness (QED) is 0.491. The maximum atomic E-state index is 2.26. The molecule has 4 rings (SSSR count). The van der Waals surface area contributed by atoms with E-state index >= 15 is 0 Å². The average molecular weight is 362 g/mol. The predicted octanol–water partition coefficient (Wildman–Crippen LogP) is 3.57. The van der Waals surface area contributed by atoms with E-state index < -0.39 is 0 Å². The van der Waals surface area contributed by atoms with Crippen molar-refractivity contribution in [2.24, 2.45) is 0 Å². The van der Waals surface area contributed by atoms with Gasteiger partial charge in [0.15, 0.2) is 0 Å². The van der Waals surface area contributed by atoms with Crippen LogP contribution in [0.3, 0.4) is 0 Å². The van der Waals surface area contributed by atoms with Crippen LogP contribution < -0.4 is 8.92 Å². The van der Waals surface area contributed by atoms with E-state index in [-0.39, 0.29) is 15.0 Å². The van der Waals surface area contributed by atoms with Crippen LogP contribution >= 0.6 is 0 Å². The molecule has 0 aliphatic carbocycles. The van der Waals surface area contributed by atoms with Crippen LogP contribution in [0.4, 0.5) is 0 Å². The van der Waals surface area contributed by atoms with E-state index in [0.29, 0.717) is 0 Å². The summed E-state index contributed by atoms with van der Waals surface area (Å²) in [6.07, 6.45) is 4.40. The van der Waals surface area contributed by atoms with Gasteiger partial charge in [-0.05, 0) is 0 Å². The van der Waals surface area contributed by atoms with E-state index in [4.69, 9.17) is 0 Å². The Morgan fingerprint density at radius 1 is 0.783 bits per heavy atom. The van der Waals surface area contributed by atoms with E-state index in [9.17, 15) is 0 Å². The minimum atomic E-state index is 0.289. The number of rotatable bonds is 3. The molecule has 112 valence electrons. The molecule has 0 spiro atoms. The molecular formula is C21H17NSe. The summed E-state index contributed by atoms with van der Waals surface area (Å²) in [5.74, 6) is 0. The zero-order chi connectivity index (χ0) is 15.6. The number of hydrogen-bond donors (Lipinski definition) is 0. The van der Waals surface area contributed by atoms with Crippen LogP contribution in [0.25, 0.3) is 16.6 Å². The first-order chi connectivity index (χ1) is 11.3. The van der Waals surface area contributed by atoms with Gasteiger partial charge in [0.05, 0.1) is 0 Å².